The molecule has 0 aliphatic carbocycles. The van der Waals surface area contributed by atoms with E-state index in [2.05, 4.69) is 10.3 Å². The number of pyridine rings is 1. The zero-order valence-electron chi connectivity index (χ0n) is 16.7. The number of methoxy groups -OCH3 is 2. The minimum absolute atomic E-state index is 0.192. The molecule has 29 heavy (non-hydrogen) atoms. The summed E-state index contributed by atoms with van der Waals surface area (Å²) < 4.78 is 10.5. The van der Waals surface area contributed by atoms with E-state index < -0.39 is 5.91 Å². The van der Waals surface area contributed by atoms with Crippen molar-refractivity contribution in [1.29, 1.82) is 0 Å². The van der Waals surface area contributed by atoms with Crippen LogP contribution in [0.5, 0.6) is 11.5 Å². The van der Waals surface area contributed by atoms with Crippen molar-refractivity contribution in [2.24, 2.45) is 0 Å². The molecule has 1 aromatic heterocycles. The van der Waals surface area contributed by atoms with Gasteiger partial charge in [-0.1, -0.05) is 6.07 Å². The van der Waals surface area contributed by atoms with Gasteiger partial charge in [0.15, 0.2) is 11.5 Å². The first kappa shape index (κ1) is 20.4. The third-order valence-corrected chi connectivity index (χ3v) is 4.76. The molecule has 1 aromatic carbocycles. The molecule has 1 fully saturated rings. The van der Waals surface area contributed by atoms with Crippen molar-refractivity contribution in [1.82, 2.24) is 15.2 Å². The van der Waals surface area contributed by atoms with Crippen LogP contribution in [-0.4, -0.2) is 49.0 Å². The average molecular weight is 395 g/mol. The lowest BCUT2D eigenvalue weighted by atomic mass is 10.1. The van der Waals surface area contributed by atoms with E-state index in [0.29, 0.717) is 30.2 Å². The number of hydrogen-bond acceptors (Lipinski definition) is 5. The van der Waals surface area contributed by atoms with Crippen LogP contribution in [0.2, 0.25) is 0 Å². The van der Waals surface area contributed by atoms with Crippen molar-refractivity contribution in [2.45, 2.75) is 19.3 Å². The van der Waals surface area contributed by atoms with Crippen molar-refractivity contribution in [3.05, 3.63) is 59.5 Å². The summed E-state index contributed by atoms with van der Waals surface area (Å²) in [5.74, 6) is 0.383. The molecule has 2 amide bonds. The van der Waals surface area contributed by atoms with Gasteiger partial charge in [0.05, 0.1) is 14.2 Å². The van der Waals surface area contributed by atoms with Gasteiger partial charge in [-0.15, -0.1) is 0 Å². The predicted octanol–water partition coefficient (Wildman–Crippen LogP) is 2.88. The maximum atomic E-state index is 13.1. The summed E-state index contributed by atoms with van der Waals surface area (Å²) >= 11 is 0. The SMILES string of the molecule is COc1ccc(C(=O)N/C(=C/c2cccnc2)C(=O)N2CCCCC2)cc1OC. The van der Waals surface area contributed by atoms with Gasteiger partial charge in [-0.05, 0) is 55.2 Å². The Hall–Kier alpha value is -3.35. The first-order chi connectivity index (χ1) is 14.1. The summed E-state index contributed by atoms with van der Waals surface area (Å²) in [6, 6.07) is 8.49. The second-order valence-corrected chi connectivity index (χ2v) is 6.72. The molecular formula is C22H25N3O4. The number of rotatable bonds is 6. The Morgan fingerprint density at radius 1 is 1.07 bits per heavy atom. The number of hydrogen-bond donors (Lipinski definition) is 1. The van der Waals surface area contributed by atoms with Gasteiger partial charge in [-0.25, -0.2) is 0 Å². The van der Waals surface area contributed by atoms with Crippen molar-refractivity contribution in [3.63, 3.8) is 0 Å². The molecule has 1 saturated heterocycles. The van der Waals surface area contributed by atoms with Crippen molar-refractivity contribution >= 4 is 17.9 Å². The van der Waals surface area contributed by atoms with Gasteiger partial charge in [-0.2, -0.15) is 0 Å². The predicted molar refractivity (Wildman–Crippen MR) is 110 cm³/mol. The minimum atomic E-state index is -0.397. The third kappa shape index (κ3) is 5.13. The number of benzene rings is 1. The summed E-state index contributed by atoms with van der Waals surface area (Å²) in [5.41, 5.74) is 1.33. The Balaban J connectivity index is 1.87. The van der Waals surface area contributed by atoms with Crippen LogP contribution in [0.25, 0.3) is 6.08 Å². The Kier molecular flexibility index (Phi) is 6.84. The fraction of sp³-hybridized carbons (Fsp3) is 0.318. The lowest BCUT2D eigenvalue weighted by molar-refractivity contribution is -0.128. The molecule has 7 nitrogen and oxygen atoms in total. The van der Waals surface area contributed by atoms with Crippen LogP contribution in [0, 0.1) is 0 Å². The number of likely N-dealkylation sites (tertiary alicyclic amines) is 1. The molecule has 1 aliphatic heterocycles. The molecule has 0 radical (unpaired) electrons. The van der Waals surface area contributed by atoms with Crippen LogP contribution in [0.1, 0.15) is 35.2 Å². The standard InChI is InChI=1S/C22H25N3O4/c1-28-19-9-8-17(14-20(19)29-2)21(26)24-18(13-16-7-6-10-23-15-16)22(27)25-11-4-3-5-12-25/h6-10,13-15H,3-5,11-12H2,1-2H3,(H,24,26)/b18-13+. The number of nitrogens with one attached hydrogen (secondary N) is 1. The van der Waals surface area contributed by atoms with E-state index in [0.717, 1.165) is 24.8 Å². The van der Waals surface area contributed by atoms with E-state index >= 15 is 0 Å². The molecule has 2 aromatic rings. The second kappa shape index (κ2) is 9.73. The molecule has 0 saturated carbocycles. The second-order valence-electron chi connectivity index (χ2n) is 6.72. The average Bonchev–Trinajstić information content (AvgIpc) is 2.78. The maximum absolute atomic E-state index is 13.1. The van der Waals surface area contributed by atoms with Gasteiger partial charge in [0.1, 0.15) is 5.70 Å². The smallest absolute Gasteiger partial charge is 0.270 e. The highest BCUT2D eigenvalue weighted by molar-refractivity contribution is 6.05. The summed E-state index contributed by atoms with van der Waals surface area (Å²) in [6.07, 6.45) is 8.01. The van der Waals surface area contributed by atoms with E-state index in [1.807, 2.05) is 6.07 Å². The van der Waals surface area contributed by atoms with Gasteiger partial charge < -0.3 is 19.7 Å². The van der Waals surface area contributed by atoms with Crippen LogP contribution in [0.4, 0.5) is 0 Å². The topological polar surface area (TPSA) is 80.8 Å². The van der Waals surface area contributed by atoms with Crippen LogP contribution in [-0.2, 0) is 4.79 Å². The van der Waals surface area contributed by atoms with Gasteiger partial charge in [0, 0.05) is 31.0 Å². The third-order valence-electron chi connectivity index (χ3n) is 4.76. The summed E-state index contributed by atoms with van der Waals surface area (Å²) in [6.45, 7) is 1.38. The molecule has 3 rings (SSSR count). The highest BCUT2D eigenvalue weighted by atomic mass is 16.5. The van der Waals surface area contributed by atoms with Gasteiger partial charge in [0.25, 0.3) is 11.8 Å². The van der Waals surface area contributed by atoms with Gasteiger partial charge in [0.2, 0.25) is 0 Å². The molecule has 0 bridgehead atoms. The number of ether oxygens (including phenoxy) is 2. The van der Waals surface area contributed by atoms with Crippen LogP contribution in [0.15, 0.2) is 48.4 Å². The molecule has 1 aliphatic rings. The normalized spacial score (nSPS) is 14.3. The van der Waals surface area contributed by atoms with E-state index in [4.69, 9.17) is 9.47 Å². The maximum Gasteiger partial charge on any atom is 0.270 e. The zero-order chi connectivity index (χ0) is 20.6. The number of nitrogens with zero attached hydrogens (tertiary/aromatic N) is 2. The van der Waals surface area contributed by atoms with Crippen molar-refractivity contribution < 1.29 is 19.1 Å². The minimum Gasteiger partial charge on any atom is -0.493 e. The van der Waals surface area contributed by atoms with E-state index in [1.165, 1.54) is 14.2 Å². The van der Waals surface area contributed by atoms with Crippen LogP contribution in [0.3, 0.4) is 0 Å². The monoisotopic (exact) mass is 395 g/mol. The van der Waals surface area contributed by atoms with Crippen LogP contribution >= 0.6 is 0 Å². The summed E-state index contributed by atoms with van der Waals surface area (Å²) in [4.78, 5) is 31.8. The highest BCUT2D eigenvalue weighted by Gasteiger charge is 2.23. The Labute approximate surface area is 170 Å². The molecule has 0 spiro atoms. The van der Waals surface area contributed by atoms with E-state index in [-0.39, 0.29) is 11.6 Å². The van der Waals surface area contributed by atoms with Crippen molar-refractivity contribution in [3.8, 4) is 11.5 Å². The summed E-state index contributed by atoms with van der Waals surface area (Å²) in [5, 5.41) is 2.77. The first-order valence-electron chi connectivity index (χ1n) is 9.56. The van der Waals surface area contributed by atoms with Gasteiger partial charge in [-0.3, -0.25) is 14.6 Å². The zero-order valence-corrected chi connectivity index (χ0v) is 16.7. The summed E-state index contributed by atoms with van der Waals surface area (Å²) in [7, 11) is 3.04. The first-order valence-corrected chi connectivity index (χ1v) is 9.56. The Morgan fingerprint density at radius 2 is 1.83 bits per heavy atom. The molecular weight excluding hydrogens is 370 g/mol. The molecule has 1 N–H and O–H groups in total. The number of aromatic nitrogens is 1. The lowest BCUT2D eigenvalue weighted by Gasteiger charge is -2.27. The number of amides is 2. The van der Waals surface area contributed by atoms with Crippen molar-refractivity contribution in [2.75, 3.05) is 27.3 Å². The molecule has 0 atom stereocenters. The van der Waals surface area contributed by atoms with E-state index in [9.17, 15) is 9.59 Å². The Morgan fingerprint density at radius 3 is 2.48 bits per heavy atom. The fourth-order valence-corrected chi connectivity index (χ4v) is 3.22. The number of piperidine rings is 1. The highest BCUT2D eigenvalue weighted by Crippen LogP contribution is 2.27. The number of carbonyl (C=O) groups is 2. The molecule has 7 heteroatoms. The largest absolute Gasteiger partial charge is 0.493 e. The molecule has 2 heterocycles. The van der Waals surface area contributed by atoms with Gasteiger partial charge >= 0.3 is 0 Å². The lowest BCUT2D eigenvalue weighted by Crippen LogP contribution is -2.41. The molecule has 152 valence electrons. The van der Waals surface area contributed by atoms with E-state index in [1.54, 1.807) is 47.6 Å². The quantitative estimate of drug-likeness (QED) is 0.761. The Bertz CT molecular complexity index is 890. The molecule has 0 unspecified atom stereocenters. The fourth-order valence-electron chi connectivity index (χ4n) is 3.22. The van der Waals surface area contributed by atoms with Crippen LogP contribution < -0.4 is 14.8 Å². The number of carbonyl (C=O) groups excluding carboxylic acids is 2.